The lowest BCUT2D eigenvalue weighted by atomic mass is 10.3. The molecule has 4 heteroatoms. The Morgan fingerprint density at radius 2 is 2.23 bits per heavy atom. The quantitative estimate of drug-likeness (QED) is 0.200. The Hall–Kier alpha value is -1.60. The Bertz CT molecular complexity index is 240. The van der Waals surface area contributed by atoms with Gasteiger partial charge in [0.15, 0.2) is 0 Å². The van der Waals surface area contributed by atoms with Gasteiger partial charge in [0.2, 0.25) is 0 Å². The van der Waals surface area contributed by atoms with Gasteiger partial charge in [0.05, 0.1) is 13.2 Å². The molecule has 0 radical (unpaired) electrons. The summed E-state index contributed by atoms with van der Waals surface area (Å²) in [6, 6.07) is 1.59. The number of nitriles is 1. The van der Waals surface area contributed by atoms with Crippen LogP contribution in [0.5, 0.6) is 0 Å². The van der Waals surface area contributed by atoms with Crippen LogP contribution in [0.1, 0.15) is 0 Å². The second-order valence-electron chi connectivity index (χ2n) is 2.09. The zero-order valence-corrected chi connectivity index (χ0v) is 7.28. The molecule has 4 nitrogen and oxygen atoms in total. The van der Waals surface area contributed by atoms with Crippen molar-refractivity contribution < 1.29 is 14.3 Å². The van der Waals surface area contributed by atoms with E-state index in [1.165, 1.54) is 0 Å². The summed E-state index contributed by atoms with van der Waals surface area (Å²) in [7, 11) is 0. The first-order valence-electron chi connectivity index (χ1n) is 3.67. The minimum atomic E-state index is -0.704. The van der Waals surface area contributed by atoms with Gasteiger partial charge in [-0.05, 0) is 0 Å². The molecular formula is C9H11NO3. The van der Waals surface area contributed by atoms with E-state index in [1.807, 2.05) is 0 Å². The highest BCUT2D eigenvalue weighted by atomic mass is 16.6. The zero-order chi connectivity index (χ0) is 10.1. The van der Waals surface area contributed by atoms with E-state index in [2.05, 4.69) is 17.9 Å². The summed E-state index contributed by atoms with van der Waals surface area (Å²) in [4.78, 5) is 10.8. The molecule has 0 bridgehead atoms. The third kappa shape index (κ3) is 5.65. The molecule has 0 aliphatic heterocycles. The molecule has 0 fully saturated rings. The molecule has 0 saturated heterocycles. The van der Waals surface area contributed by atoms with E-state index in [0.29, 0.717) is 6.61 Å². The predicted octanol–water partition coefficient (Wildman–Crippen LogP) is 0.812. The Kier molecular flexibility index (Phi) is 6.20. The molecule has 0 rings (SSSR count). The fourth-order valence-electron chi connectivity index (χ4n) is 0.493. The van der Waals surface area contributed by atoms with E-state index in [-0.39, 0.29) is 18.8 Å². The molecule has 0 saturated carbocycles. The van der Waals surface area contributed by atoms with Gasteiger partial charge in [0, 0.05) is 0 Å². The van der Waals surface area contributed by atoms with Crippen LogP contribution in [0.2, 0.25) is 0 Å². The summed E-state index contributed by atoms with van der Waals surface area (Å²) in [6.07, 6.45) is 1.59. The summed E-state index contributed by atoms with van der Waals surface area (Å²) in [6.45, 7) is 7.46. The topological polar surface area (TPSA) is 59.3 Å². The van der Waals surface area contributed by atoms with Gasteiger partial charge in [0.25, 0.3) is 0 Å². The average Bonchev–Trinajstić information content (AvgIpc) is 2.16. The maximum atomic E-state index is 10.8. The Morgan fingerprint density at radius 1 is 1.54 bits per heavy atom. The normalized spacial score (nSPS) is 8.54. The van der Waals surface area contributed by atoms with Crippen LogP contribution in [-0.2, 0) is 14.3 Å². The average molecular weight is 181 g/mol. The van der Waals surface area contributed by atoms with Gasteiger partial charge < -0.3 is 9.47 Å². The van der Waals surface area contributed by atoms with Crippen LogP contribution in [0.25, 0.3) is 0 Å². The molecule has 0 amide bonds. The summed E-state index contributed by atoms with van der Waals surface area (Å²) < 4.78 is 9.56. The molecular weight excluding hydrogens is 170 g/mol. The molecule has 0 heterocycles. The van der Waals surface area contributed by atoms with E-state index in [1.54, 1.807) is 12.1 Å². The molecule has 0 aliphatic rings. The van der Waals surface area contributed by atoms with Crippen LogP contribution >= 0.6 is 0 Å². The third-order valence-corrected chi connectivity index (χ3v) is 1.08. The third-order valence-electron chi connectivity index (χ3n) is 1.08. The van der Waals surface area contributed by atoms with E-state index in [0.717, 1.165) is 0 Å². The minimum Gasteiger partial charge on any atom is -0.459 e. The Labute approximate surface area is 77.1 Å². The van der Waals surface area contributed by atoms with Gasteiger partial charge in [0.1, 0.15) is 18.2 Å². The number of rotatable bonds is 6. The van der Waals surface area contributed by atoms with Crippen molar-refractivity contribution in [3.8, 4) is 6.07 Å². The van der Waals surface area contributed by atoms with Gasteiger partial charge in [-0.3, -0.25) is 0 Å². The molecule has 0 aliphatic carbocycles. The molecule has 0 aromatic rings. The van der Waals surface area contributed by atoms with Crippen LogP contribution < -0.4 is 0 Å². The van der Waals surface area contributed by atoms with Crippen LogP contribution in [0.4, 0.5) is 0 Å². The molecule has 13 heavy (non-hydrogen) atoms. The molecule has 0 aromatic carbocycles. The number of hydrogen-bond donors (Lipinski definition) is 0. The number of ether oxygens (including phenoxy) is 2. The van der Waals surface area contributed by atoms with Crippen molar-refractivity contribution in [3.05, 3.63) is 24.8 Å². The van der Waals surface area contributed by atoms with Crippen molar-refractivity contribution in [1.82, 2.24) is 0 Å². The van der Waals surface area contributed by atoms with Gasteiger partial charge in [-0.25, -0.2) is 4.79 Å². The van der Waals surface area contributed by atoms with Crippen molar-refractivity contribution in [2.45, 2.75) is 0 Å². The lowest BCUT2D eigenvalue weighted by Gasteiger charge is -2.02. The van der Waals surface area contributed by atoms with E-state index >= 15 is 0 Å². The highest BCUT2D eigenvalue weighted by molar-refractivity contribution is 5.91. The Morgan fingerprint density at radius 3 is 2.77 bits per heavy atom. The SMILES string of the molecule is C=CCOCCOC(=O)C(=C)C#N. The number of carbonyl (C=O) groups excluding carboxylic acids is 1. The second kappa shape index (κ2) is 7.07. The molecule has 70 valence electrons. The molecule has 0 atom stereocenters. The van der Waals surface area contributed by atoms with Crippen molar-refractivity contribution >= 4 is 5.97 Å². The van der Waals surface area contributed by atoms with Crippen molar-refractivity contribution in [1.29, 1.82) is 5.26 Å². The van der Waals surface area contributed by atoms with Gasteiger partial charge in [-0.2, -0.15) is 5.26 Å². The fraction of sp³-hybridized carbons (Fsp3) is 0.333. The first-order valence-corrected chi connectivity index (χ1v) is 3.67. The lowest BCUT2D eigenvalue weighted by molar-refractivity contribution is -0.139. The predicted molar refractivity (Wildman–Crippen MR) is 46.7 cm³/mol. The van der Waals surface area contributed by atoms with Crippen LogP contribution in [-0.4, -0.2) is 25.8 Å². The smallest absolute Gasteiger partial charge is 0.348 e. The zero-order valence-electron chi connectivity index (χ0n) is 7.28. The Balaban J connectivity index is 3.44. The van der Waals surface area contributed by atoms with Gasteiger partial charge >= 0.3 is 5.97 Å². The van der Waals surface area contributed by atoms with Crippen LogP contribution in [0.15, 0.2) is 24.8 Å². The summed E-state index contributed by atoms with van der Waals surface area (Å²) in [5, 5.41) is 8.25. The first kappa shape index (κ1) is 11.4. The number of carbonyl (C=O) groups is 1. The van der Waals surface area contributed by atoms with Crippen LogP contribution in [0, 0.1) is 11.3 Å². The van der Waals surface area contributed by atoms with E-state index in [9.17, 15) is 4.79 Å². The number of nitrogens with zero attached hydrogens (tertiary/aromatic N) is 1. The van der Waals surface area contributed by atoms with E-state index < -0.39 is 5.97 Å². The molecule has 0 N–H and O–H groups in total. The van der Waals surface area contributed by atoms with Crippen molar-refractivity contribution in [2.75, 3.05) is 19.8 Å². The van der Waals surface area contributed by atoms with Gasteiger partial charge in [-0.1, -0.05) is 12.7 Å². The molecule has 0 unspecified atom stereocenters. The number of hydrogen-bond acceptors (Lipinski definition) is 4. The maximum absolute atomic E-state index is 10.8. The van der Waals surface area contributed by atoms with E-state index in [4.69, 9.17) is 10.00 Å². The highest BCUT2D eigenvalue weighted by Gasteiger charge is 2.05. The second-order valence-corrected chi connectivity index (χ2v) is 2.09. The highest BCUT2D eigenvalue weighted by Crippen LogP contribution is 1.91. The monoisotopic (exact) mass is 181 g/mol. The molecule has 0 spiro atoms. The summed E-state index contributed by atoms with van der Waals surface area (Å²) >= 11 is 0. The van der Waals surface area contributed by atoms with Crippen LogP contribution in [0.3, 0.4) is 0 Å². The summed E-state index contributed by atoms with van der Waals surface area (Å²) in [5.74, 6) is -0.704. The molecule has 0 aromatic heterocycles. The fourth-order valence-corrected chi connectivity index (χ4v) is 0.493. The first-order chi connectivity index (χ1) is 6.22. The largest absolute Gasteiger partial charge is 0.459 e. The van der Waals surface area contributed by atoms with Crippen molar-refractivity contribution in [2.24, 2.45) is 0 Å². The minimum absolute atomic E-state index is 0.118. The van der Waals surface area contributed by atoms with Crippen molar-refractivity contribution in [3.63, 3.8) is 0 Å². The maximum Gasteiger partial charge on any atom is 0.348 e. The lowest BCUT2D eigenvalue weighted by Crippen LogP contribution is -2.11. The standard InChI is InChI=1S/C9H11NO3/c1-3-4-12-5-6-13-9(11)8(2)7-10/h3H,1-2,4-6H2. The summed E-state index contributed by atoms with van der Waals surface area (Å²) in [5.41, 5.74) is -0.205. The van der Waals surface area contributed by atoms with Gasteiger partial charge in [-0.15, -0.1) is 6.58 Å². The number of esters is 1.